The molecular weight excluding hydrogens is 360 g/mol. The van der Waals surface area contributed by atoms with Gasteiger partial charge in [0.25, 0.3) is 11.1 Å². The van der Waals surface area contributed by atoms with Crippen molar-refractivity contribution < 1.29 is 0 Å². The molecule has 28 heavy (non-hydrogen) atoms. The second-order valence-corrected chi connectivity index (χ2v) is 7.97. The largest absolute Gasteiger partial charge is 0.332 e. The number of piperidine rings is 1. The summed E-state index contributed by atoms with van der Waals surface area (Å²) in [7, 11) is 3.11. The van der Waals surface area contributed by atoms with E-state index in [1.165, 1.54) is 11.6 Å². The molecule has 5 heterocycles. The molecule has 1 fully saturated rings. The zero-order valence-electron chi connectivity index (χ0n) is 15.9. The highest BCUT2D eigenvalue weighted by molar-refractivity contribution is 5.69. The summed E-state index contributed by atoms with van der Waals surface area (Å²) >= 11 is 0. The smallest absolute Gasteiger partial charge is 0.312 e. The molecule has 0 unspecified atom stereocenters. The van der Waals surface area contributed by atoms with Crippen LogP contribution in [0.4, 0.5) is 0 Å². The molecule has 1 saturated heterocycles. The summed E-state index contributed by atoms with van der Waals surface area (Å²) in [4.78, 5) is 43.6. The van der Waals surface area contributed by atoms with Crippen molar-refractivity contribution in [2.75, 3.05) is 13.1 Å². The number of hydrogen-bond donors (Lipinski definition) is 0. The number of hydrogen-bond acceptors (Lipinski definition) is 5. The van der Waals surface area contributed by atoms with Crippen molar-refractivity contribution in [2.24, 2.45) is 20.0 Å². The number of aryl methyl sites for hydroxylation is 1. The number of likely N-dealkylation sites (tertiary alicyclic amines) is 1. The fraction of sp³-hybridized carbons (Fsp3) is 0.474. The molecule has 0 spiro atoms. The summed E-state index contributed by atoms with van der Waals surface area (Å²) in [6.07, 6.45) is 2.72. The maximum Gasteiger partial charge on any atom is 0.332 e. The van der Waals surface area contributed by atoms with Gasteiger partial charge in [-0.1, -0.05) is 6.07 Å². The zero-order chi connectivity index (χ0) is 19.6. The minimum Gasteiger partial charge on any atom is -0.312 e. The monoisotopic (exact) mass is 382 g/mol. The van der Waals surface area contributed by atoms with Crippen LogP contribution in [0.5, 0.6) is 0 Å². The van der Waals surface area contributed by atoms with E-state index < -0.39 is 0 Å². The van der Waals surface area contributed by atoms with Crippen LogP contribution >= 0.6 is 0 Å². The van der Waals surface area contributed by atoms with Crippen LogP contribution in [0.15, 0.2) is 38.9 Å². The third-order valence-electron chi connectivity index (χ3n) is 6.12. The van der Waals surface area contributed by atoms with Crippen molar-refractivity contribution in [1.29, 1.82) is 0 Å². The molecule has 0 N–H and O–H groups in total. The molecule has 2 bridgehead atoms. The minimum absolute atomic E-state index is 0.0747. The van der Waals surface area contributed by atoms with Gasteiger partial charge in [-0.2, -0.15) is 0 Å². The third kappa shape index (κ3) is 2.42. The fourth-order valence-corrected chi connectivity index (χ4v) is 4.83. The molecule has 0 aliphatic carbocycles. The Hall–Kier alpha value is -2.94. The molecule has 0 amide bonds. The zero-order valence-corrected chi connectivity index (χ0v) is 15.9. The van der Waals surface area contributed by atoms with E-state index in [1.807, 2.05) is 21.3 Å². The standard InChI is InChI=1S/C19H22N6O3/c1-21-17-16(18(27)22(2)19(21)28)24(10-20-17)11-23-7-12-6-13(9-23)14-4-3-5-15(26)25(14)8-12/h3-5,10,12-13H,6-9,11H2,1-2H3/t12-,13-/m0/s1. The van der Waals surface area contributed by atoms with Crippen LogP contribution in [0.2, 0.25) is 0 Å². The van der Waals surface area contributed by atoms with Crippen molar-refractivity contribution in [2.45, 2.75) is 25.6 Å². The Morgan fingerprint density at radius 3 is 2.71 bits per heavy atom. The van der Waals surface area contributed by atoms with E-state index in [0.717, 1.165) is 36.3 Å². The van der Waals surface area contributed by atoms with Gasteiger partial charge in [-0.3, -0.25) is 23.6 Å². The van der Waals surface area contributed by atoms with Crippen LogP contribution in [0.3, 0.4) is 0 Å². The molecule has 0 aromatic carbocycles. The minimum atomic E-state index is -0.377. The number of imidazole rings is 1. The second kappa shape index (κ2) is 6.03. The first-order chi connectivity index (χ1) is 13.4. The highest BCUT2D eigenvalue weighted by Crippen LogP contribution is 2.35. The van der Waals surface area contributed by atoms with Gasteiger partial charge < -0.3 is 9.13 Å². The summed E-state index contributed by atoms with van der Waals surface area (Å²) in [5, 5.41) is 0. The number of nitrogens with zero attached hydrogens (tertiary/aromatic N) is 6. The van der Waals surface area contributed by atoms with Gasteiger partial charge in [-0.25, -0.2) is 9.78 Å². The van der Waals surface area contributed by atoms with Crippen LogP contribution in [0.1, 0.15) is 18.0 Å². The van der Waals surface area contributed by atoms with Gasteiger partial charge in [-0.15, -0.1) is 0 Å². The van der Waals surface area contributed by atoms with Crippen LogP contribution in [-0.2, 0) is 27.3 Å². The lowest BCUT2D eigenvalue weighted by atomic mass is 9.83. The highest BCUT2D eigenvalue weighted by Gasteiger charge is 2.34. The van der Waals surface area contributed by atoms with Gasteiger partial charge in [0.05, 0.1) is 13.0 Å². The summed E-state index contributed by atoms with van der Waals surface area (Å²) in [5.41, 5.74) is 1.31. The fourth-order valence-electron chi connectivity index (χ4n) is 4.83. The van der Waals surface area contributed by atoms with Gasteiger partial charge in [-0.05, 0) is 18.4 Å². The lowest BCUT2D eigenvalue weighted by molar-refractivity contribution is 0.0946. The molecule has 3 aromatic rings. The van der Waals surface area contributed by atoms with Crippen LogP contribution in [-0.4, -0.2) is 41.2 Å². The van der Waals surface area contributed by atoms with Gasteiger partial charge in [0.2, 0.25) is 0 Å². The van der Waals surface area contributed by atoms with Crippen molar-refractivity contribution in [3.05, 3.63) is 61.4 Å². The summed E-state index contributed by atoms with van der Waals surface area (Å²) in [5.74, 6) is 0.719. The first-order valence-corrected chi connectivity index (χ1v) is 9.47. The molecule has 146 valence electrons. The Morgan fingerprint density at radius 1 is 1.07 bits per heavy atom. The van der Waals surface area contributed by atoms with E-state index in [9.17, 15) is 14.4 Å². The summed E-state index contributed by atoms with van der Waals surface area (Å²) < 4.78 is 6.26. The van der Waals surface area contributed by atoms with Crippen LogP contribution in [0, 0.1) is 5.92 Å². The third-order valence-corrected chi connectivity index (χ3v) is 6.12. The number of aromatic nitrogens is 5. The Labute approximate surface area is 160 Å². The van der Waals surface area contributed by atoms with Crippen molar-refractivity contribution in [1.82, 2.24) is 28.2 Å². The van der Waals surface area contributed by atoms with Gasteiger partial charge in [0.15, 0.2) is 11.2 Å². The molecule has 0 radical (unpaired) electrons. The van der Waals surface area contributed by atoms with E-state index in [2.05, 4.69) is 9.88 Å². The Morgan fingerprint density at radius 2 is 1.89 bits per heavy atom. The molecule has 9 heteroatoms. The number of fused-ring (bicyclic) bond motifs is 5. The Bertz CT molecular complexity index is 1260. The Kier molecular flexibility index (Phi) is 3.70. The maximum atomic E-state index is 12.7. The Balaban J connectivity index is 1.50. The van der Waals surface area contributed by atoms with Crippen LogP contribution in [0.25, 0.3) is 11.2 Å². The molecule has 5 rings (SSSR count). The summed E-state index contributed by atoms with van der Waals surface area (Å²) in [6.45, 7) is 2.96. The van der Waals surface area contributed by atoms with E-state index in [-0.39, 0.29) is 16.8 Å². The quantitative estimate of drug-likeness (QED) is 0.606. The van der Waals surface area contributed by atoms with Crippen LogP contribution < -0.4 is 16.8 Å². The SMILES string of the molecule is Cn1c(=O)c2c(ncn2CN2C[C@@H]3C[C@@H](C2)c2cccc(=O)n2C3)n(C)c1=O. The van der Waals surface area contributed by atoms with Gasteiger partial charge in [0.1, 0.15) is 0 Å². The number of rotatable bonds is 2. The average Bonchev–Trinajstić information content (AvgIpc) is 3.09. The predicted octanol–water partition coefficient (Wildman–Crippen LogP) is -0.328. The van der Waals surface area contributed by atoms with Gasteiger partial charge in [0, 0.05) is 51.4 Å². The molecule has 0 saturated carbocycles. The lowest BCUT2D eigenvalue weighted by Crippen LogP contribution is -2.47. The predicted molar refractivity (Wildman–Crippen MR) is 103 cm³/mol. The van der Waals surface area contributed by atoms with Crippen molar-refractivity contribution in [3.8, 4) is 0 Å². The number of pyridine rings is 1. The maximum absolute atomic E-state index is 12.7. The van der Waals surface area contributed by atoms with E-state index >= 15 is 0 Å². The van der Waals surface area contributed by atoms with Gasteiger partial charge >= 0.3 is 5.69 Å². The topological polar surface area (TPSA) is 87.1 Å². The molecule has 2 aliphatic heterocycles. The average molecular weight is 382 g/mol. The van der Waals surface area contributed by atoms with Crippen molar-refractivity contribution >= 4 is 11.2 Å². The summed E-state index contributed by atoms with van der Waals surface area (Å²) in [6, 6.07) is 5.50. The normalized spacial score (nSPS) is 21.8. The lowest BCUT2D eigenvalue weighted by Gasteiger charge is -2.42. The first-order valence-electron chi connectivity index (χ1n) is 9.47. The molecule has 9 nitrogen and oxygen atoms in total. The van der Waals surface area contributed by atoms with Crippen molar-refractivity contribution in [3.63, 3.8) is 0 Å². The second-order valence-electron chi connectivity index (χ2n) is 7.97. The highest BCUT2D eigenvalue weighted by atomic mass is 16.2. The molecule has 2 atom stereocenters. The van der Waals surface area contributed by atoms with E-state index in [0.29, 0.717) is 29.7 Å². The van der Waals surface area contributed by atoms with E-state index in [4.69, 9.17) is 0 Å². The molecular formula is C19H22N6O3. The van der Waals surface area contributed by atoms with E-state index in [1.54, 1.807) is 19.4 Å². The first kappa shape index (κ1) is 17.2. The molecule has 3 aromatic heterocycles. The molecule has 2 aliphatic rings.